The number of phenols is 2. The number of ether oxygens (including phenoxy) is 2. The van der Waals surface area contributed by atoms with Gasteiger partial charge >= 0.3 is 0 Å². The molecule has 6 heteroatoms. The van der Waals surface area contributed by atoms with E-state index in [1.54, 1.807) is 36.5 Å². The molecule has 2 atom stereocenters. The second-order valence-corrected chi connectivity index (χ2v) is 9.32. The summed E-state index contributed by atoms with van der Waals surface area (Å²) in [5.74, 6) is 1.85. The third-order valence-corrected chi connectivity index (χ3v) is 6.82. The van der Waals surface area contributed by atoms with E-state index in [0.717, 1.165) is 39.3 Å². The predicted octanol–water partition coefficient (Wildman–Crippen LogP) is 6.46. The molecule has 0 radical (unpaired) electrons. The van der Waals surface area contributed by atoms with Crippen LogP contribution in [0.5, 0.6) is 23.0 Å². The lowest BCUT2D eigenvalue weighted by Crippen LogP contribution is -2.34. The van der Waals surface area contributed by atoms with Crippen molar-refractivity contribution in [2.75, 3.05) is 18.6 Å². The van der Waals surface area contributed by atoms with Gasteiger partial charge in [0.2, 0.25) is 0 Å². The van der Waals surface area contributed by atoms with E-state index in [4.69, 9.17) is 9.47 Å². The number of hydrogen-bond acceptors (Lipinski definition) is 6. The zero-order valence-corrected chi connectivity index (χ0v) is 21.1. The van der Waals surface area contributed by atoms with Crippen LogP contribution in [0.25, 0.3) is 11.1 Å². The van der Waals surface area contributed by atoms with Crippen molar-refractivity contribution in [3.8, 4) is 23.0 Å². The first-order valence-corrected chi connectivity index (χ1v) is 12.3. The third-order valence-electron chi connectivity index (χ3n) is 6.82. The molecule has 1 aliphatic heterocycles. The van der Waals surface area contributed by atoms with Gasteiger partial charge in [0.05, 0.1) is 17.9 Å². The number of allylic oxidation sites excluding steroid dienone is 1. The van der Waals surface area contributed by atoms with Crippen LogP contribution in [0.4, 0.5) is 5.69 Å². The SMILES string of the molecule is CC1=C(c2cccc(O)c2)C(c2ccc(OCC(C)N(C)c3cccnc3)cc2)Oc2ccc(O)cc21. The Bertz CT molecular complexity index is 1420. The van der Waals surface area contributed by atoms with Gasteiger partial charge in [-0.05, 0) is 85.1 Å². The fraction of sp³-hybridized carbons (Fsp3) is 0.194. The van der Waals surface area contributed by atoms with E-state index < -0.39 is 0 Å². The summed E-state index contributed by atoms with van der Waals surface area (Å²) < 4.78 is 12.6. The lowest BCUT2D eigenvalue weighted by Gasteiger charge is -2.31. The highest BCUT2D eigenvalue weighted by Gasteiger charge is 2.29. The number of benzene rings is 3. The van der Waals surface area contributed by atoms with Gasteiger partial charge in [-0.3, -0.25) is 4.98 Å². The van der Waals surface area contributed by atoms with Gasteiger partial charge in [0.15, 0.2) is 0 Å². The number of aromatic hydroxyl groups is 2. The summed E-state index contributed by atoms with van der Waals surface area (Å²) in [5.41, 5.74) is 5.63. The Labute approximate surface area is 217 Å². The zero-order valence-electron chi connectivity index (χ0n) is 21.1. The molecule has 1 aromatic heterocycles. The van der Waals surface area contributed by atoms with Gasteiger partial charge in [-0.1, -0.05) is 24.3 Å². The first-order valence-electron chi connectivity index (χ1n) is 12.3. The van der Waals surface area contributed by atoms with Crippen LogP contribution in [-0.4, -0.2) is 34.9 Å². The van der Waals surface area contributed by atoms with Crippen LogP contribution in [0.1, 0.15) is 36.6 Å². The van der Waals surface area contributed by atoms with Gasteiger partial charge in [-0.2, -0.15) is 0 Å². The summed E-state index contributed by atoms with van der Waals surface area (Å²) >= 11 is 0. The highest BCUT2D eigenvalue weighted by molar-refractivity contribution is 5.95. The van der Waals surface area contributed by atoms with Crippen LogP contribution in [0.3, 0.4) is 0 Å². The van der Waals surface area contributed by atoms with E-state index in [2.05, 4.69) is 16.8 Å². The Morgan fingerprint density at radius 3 is 2.49 bits per heavy atom. The van der Waals surface area contributed by atoms with E-state index in [0.29, 0.717) is 12.4 Å². The first-order chi connectivity index (χ1) is 17.9. The van der Waals surface area contributed by atoms with Gasteiger partial charge in [-0.25, -0.2) is 0 Å². The number of nitrogens with zero attached hydrogens (tertiary/aromatic N) is 2. The average Bonchev–Trinajstić information content (AvgIpc) is 2.92. The average molecular weight is 495 g/mol. The summed E-state index contributed by atoms with van der Waals surface area (Å²) in [5, 5.41) is 20.2. The topological polar surface area (TPSA) is 75.1 Å². The molecule has 0 spiro atoms. The minimum atomic E-state index is -0.386. The van der Waals surface area contributed by atoms with Crippen molar-refractivity contribution in [1.29, 1.82) is 0 Å². The van der Waals surface area contributed by atoms with E-state index in [1.165, 1.54) is 0 Å². The summed E-state index contributed by atoms with van der Waals surface area (Å²) in [4.78, 5) is 6.33. The number of rotatable bonds is 7. The van der Waals surface area contributed by atoms with Crippen molar-refractivity contribution in [2.45, 2.75) is 26.0 Å². The van der Waals surface area contributed by atoms with Crippen molar-refractivity contribution < 1.29 is 19.7 Å². The minimum absolute atomic E-state index is 0.154. The quantitative estimate of drug-likeness (QED) is 0.307. The van der Waals surface area contributed by atoms with Crippen LogP contribution >= 0.6 is 0 Å². The van der Waals surface area contributed by atoms with Crippen molar-refractivity contribution in [1.82, 2.24) is 4.98 Å². The number of fused-ring (bicyclic) bond motifs is 1. The predicted molar refractivity (Wildman–Crippen MR) is 146 cm³/mol. The number of likely N-dealkylation sites (N-methyl/N-ethyl adjacent to an activating group) is 1. The molecule has 1 aliphatic rings. The molecule has 188 valence electrons. The second kappa shape index (κ2) is 10.3. The molecule has 4 aromatic rings. The summed E-state index contributed by atoms with van der Waals surface area (Å²) in [6, 6.07) is 24.3. The number of pyridine rings is 1. The van der Waals surface area contributed by atoms with E-state index >= 15 is 0 Å². The first kappa shape index (κ1) is 24.3. The van der Waals surface area contributed by atoms with Crippen LogP contribution in [0.15, 0.2) is 91.3 Å². The smallest absolute Gasteiger partial charge is 0.150 e. The Morgan fingerprint density at radius 2 is 1.76 bits per heavy atom. The number of phenolic OH excluding ortho intramolecular Hbond substituents is 2. The molecule has 0 bridgehead atoms. The van der Waals surface area contributed by atoms with Gasteiger partial charge < -0.3 is 24.6 Å². The lowest BCUT2D eigenvalue weighted by atomic mass is 9.86. The second-order valence-electron chi connectivity index (χ2n) is 9.32. The minimum Gasteiger partial charge on any atom is -0.508 e. The molecule has 2 N–H and O–H groups in total. The molecule has 0 saturated carbocycles. The van der Waals surface area contributed by atoms with Crippen molar-refractivity contribution >= 4 is 16.8 Å². The van der Waals surface area contributed by atoms with Crippen molar-refractivity contribution in [3.63, 3.8) is 0 Å². The molecule has 37 heavy (non-hydrogen) atoms. The van der Waals surface area contributed by atoms with Crippen molar-refractivity contribution in [2.24, 2.45) is 0 Å². The van der Waals surface area contributed by atoms with Gasteiger partial charge in [0.1, 0.15) is 35.7 Å². The molecule has 2 heterocycles. The Hall–Kier alpha value is -4.45. The fourth-order valence-electron chi connectivity index (χ4n) is 4.60. The van der Waals surface area contributed by atoms with Gasteiger partial charge in [-0.15, -0.1) is 0 Å². The Morgan fingerprint density at radius 1 is 0.973 bits per heavy atom. The summed E-state index contributed by atoms with van der Waals surface area (Å²) in [7, 11) is 2.03. The molecule has 0 aliphatic carbocycles. The van der Waals surface area contributed by atoms with Crippen LogP contribution in [-0.2, 0) is 0 Å². The monoisotopic (exact) mass is 494 g/mol. The zero-order chi connectivity index (χ0) is 25.9. The number of hydrogen-bond donors (Lipinski definition) is 2. The van der Waals surface area contributed by atoms with E-state index in [9.17, 15) is 10.2 Å². The third kappa shape index (κ3) is 5.09. The van der Waals surface area contributed by atoms with Crippen LogP contribution in [0, 0.1) is 0 Å². The highest BCUT2D eigenvalue weighted by Crippen LogP contribution is 2.47. The van der Waals surface area contributed by atoms with E-state index in [-0.39, 0.29) is 23.6 Å². The number of anilines is 1. The maximum atomic E-state index is 10.2. The molecule has 3 aromatic carbocycles. The number of aromatic nitrogens is 1. The highest BCUT2D eigenvalue weighted by atomic mass is 16.5. The molecule has 6 nitrogen and oxygen atoms in total. The molecular formula is C31H30N2O4. The van der Waals surface area contributed by atoms with Crippen LogP contribution < -0.4 is 14.4 Å². The standard InChI is InChI=1S/C31H30N2O4/c1-20(33(3)24-7-5-15-32-18-24)19-36-27-12-9-22(10-13-27)31-30(23-6-4-8-25(34)16-23)21(2)28-17-26(35)11-14-29(28)37-31/h4-18,20,31,34-35H,19H2,1-3H3. The fourth-order valence-corrected chi connectivity index (χ4v) is 4.60. The maximum Gasteiger partial charge on any atom is 0.150 e. The van der Waals surface area contributed by atoms with Gasteiger partial charge in [0.25, 0.3) is 0 Å². The maximum absolute atomic E-state index is 10.2. The van der Waals surface area contributed by atoms with Gasteiger partial charge in [0, 0.05) is 24.4 Å². The molecule has 2 unspecified atom stereocenters. The summed E-state index contributed by atoms with van der Waals surface area (Å²) in [6.07, 6.45) is 3.22. The molecular weight excluding hydrogens is 464 g/mol. The van der Waals surface area contributed by atoms with Crippen LogP contribution in [0.2, 0.25) is 0 Å². The summed E-state index contributed by atoms with van der Waals surface area (Å²) in [6.45, 7) is 4.65. The normalized spacial score (nSPS) is 15.5. The van der Waals surface area contributed by atoms with Crippen molar-refractivity contribution in [3.05, 3.63) is 108 Å². The Kier molecular flexibility index (Phi) is 6.73. The lowest BCUT2D eigenvalue weighted by molar-refractivity contribution is 0.259. The Balaban J connectivity index is 1.39. The molecule has 0 fully saturated rings. The van der Waals surface area contributed by atoms with E-state index in [1.807, 2.05) is 68.7 Å². The molecule has 0 amide bonds. The molecule has 5 rings (SSSR count). The molecule has 0 saturated heterocycles. The largest absolute Gasteiger partial charge is 0.508 e.